The molecule has 1 aromatic carbocycles. The first-order valence-electron chi connectivity index (χ1n) is 10.3. The molecule has 2 heterocycles. The van der Waals surface area contributed by atoms with Gasteiger partial charge in [-0.3, -0.25) is 0 Å². The molecule has 1 aliphatic heterocycles. The van der Waals surface area contributed by atoms with Crippen LogP contribution in [0.4, 0.5) is 13.6 Å². The van der Waals surface area contributed by atoms with Gasteiger partial charge in [0.1, 0.15) is 11.6 Å². The summed E-state index contributed by atoms with van der Waals surface area (Å²) in [6.07, 6.45) is 1.52. The second-order valence-electron chi connectivity index (χ2n) is 9.06. The van der Waals surface area contributed by atoms with Gasteiger partial charge in [0, 0.05) is 18.5 Å². The highest BCUT2D eigenvalue weighted by Gasteiger charge is 2.67. The van der Waals surface area contributed by atoms with Gasteiger partial charge in [-0.2, -0.15) is 10.2 Å². The molecule has 2 aliphatic carbocycles. The molecule has 2 aromatic rings. The minimum atomic E-state index is -0.658. The molecule has 0 radical (unpaired) electrons. The lowest BCUT2D eigenvalue weighted by Gasteiger charge is -2.47. The van der Waals surface area contributed by atoms with Crippen molar-refractivity contribution in [3.05, 3.63) is 47.2 Å². The average molecular weight is 414 g/mol. The largest absolute Gasteiger partial charge is 0.374 e. The number of carbonyl (C=O) groups is 1. The topological polar surface area (TPSA) is 81.3 Å². The summed E-state index contributed by atoms with van der Waals surface area (Å²) < 4.78 is 34.8. The number of primary amides is 1. The fraction of sp³-hybridized carbons (Fsp3) is 0.500. The van der Waals surface area contributed by atoms with Gasteiger partial charge in [0.2, 0.25) is 0 Å². The zero-order chi connectivity index (χ0) is 21.3. The molecule has 158 valence electrons. The predicted molar refractivity (Wildman–Crippen MR) is 106 cm³/mol. The van der Waals surface area contributed by atoms with Crippen molar-refractivity contribution in [2.24, 2.45) is 11.1 Å². The molecule has 3 aliphatic rings. The fourth-order valence-electron chi connectivity index (χ4n) is 6.09. The van der Waals surface area contributed by atoms with Crippen molar-refractivity contribution in [3.63, 3.8) is 0 Å². The van der Waals surface area contributed by atoms with E-state index in [4.69, 9.17) is 10.5 Å². The number of ether oxygens (including phenoxy) is 1. The van der Waals surface area contributed by atoms with E-state index in [9.17, 15) is 13.6 Å². The fourth-order valence-corrected chi connectivity index (χ4v) is 6.09. The first kappa shape index (κ1) is 19.4. The van der Waals surface area contributed by atoms with Crippen LogP contribution in [0.5, 0.6) is 0 Å². The van der Waals surface area contributed by atoms with Crippen LogP contribution in [-0.4, -0.2) is 46.9 Å². The number of hydrogen-bond acceptors (Lipinski definition) is 4. The van der Waals surface area contributed by atoms with E-state index in [1.54, 1.807) is 11.0 Å². The number of carbonyl (C=O) groups excluding carboxylic acids is 1. The number of aromatic nitrogens is 2. The summed E-state index contributed by atoms with van der Waals surface area (Å²) in [5.41, 5.74) is 6.73. The molecule has 8 heteroatoms. The molecule has 1 aromatic heterocycles. The van der Waals surface area contributed by atoms with E-state index in [-0.39, 0.29) is 28.7 Å². The molecule has 2 amide bonds. The van der Waals surface area contributed by atoms with Gasteiger partial charge < -0.3 is 15.4 Å². The third-order valence-electron chi connectivity index (χ3n) is 7.62. The molecule has 2 N–H and O–H groups in total. The molecule has 3 atom stereocenters. The molecule has 2 fully saturated rings. The standard InChI is InChI=1S/C22H24F2N4O2/c1-21(2)13-6-7-22(21,17-11-28(20(25)29)8-9-30-17)19-12(13)10-16(26-27-19)18-14(23)4-3-5-15(18)24/h3-5,10,13,17H,6-9,11H2,1-2H3,(H2,25,29)/t13-,17-,22-/m0/s1. The summed E-state index contributed by atoms with van der Waals surface area (Å²) in [5, 5.41) is 8.75. The Morgan fingerprint density at radius 3 is 2.70 bits per heavy atom. The molecule has 2 bridgehead atoms. The summed E-state index contributed by atoms with van der Waals surface area (Å²) in [6, 6.07) is 5.10. The minimum Gasteiger partial charge on any atom is -0.374 e. The number of amides is 2. The summed E-state index contributed by atoms with van der Waals surface area (Å²) in [7, 11) is 0. The number of halogens is 2. The lowest BCUT2D eigenvalue weighted by Crippen LogP contribution is -2.58. The van der Waals surface area contributed by atoms with Gasteiger partial charge in [0.25, 0.3) is 0 Å². The minimum absolute atomic E-state index is 0.156. The van der Waals surface area contributed by atoms with Crippen molar-refractivity contribution in [2.45, 2.75) is 44.1 Å². The number of urea groups is 1. The van der Waals surface area contributed by atoms with Crippen LogP contribution in [0.1, 0.15) is 43.9 Å². The smallest absolute Gasteiger partial charge is 0.314 e. The van der Waals surface area contributed by atoms with Gasteiger partial charge in [-0.15, -0.1) is 0 Å². The first-order valence-corrected chi connectivity index (χ1v) is 10.3. The Kier molecular flexibility index (Phi) is 4.16. The number of fused-ring (bicyclic) bond motifs is 5. The van der Waals surface area contributed by atoms with Gasteiger partial charge in [-0.1, -0.05) is 19.9 Å². The van der Waals surface area contributed by atoms with Crippen LogP contribution in [0.15, 0.2) is 24.3 Å². The quantitative estimate of drug-likeness (QED) is 0.817. The number of benzene rings is 1. The van der Waals surface area contributed by atoms with Crippen molar-refractivity contribution in [1.82, 2.24) is 15.1 Å². The summed E-state index contributed by atoms with van der Waals surface area (Å²) >= 11 is 0. The predicted octanol–water partition coefficient (Wildman–Crippen LogP) is 3.36. The summed E-state index contributed by atoms with van der Waals surface area (Å²) in [4.78, 5) is 13.4. The number of morpholine rings is 1. The van der Waals surface area contributed by atoms with Crippen LogP contribution in [0, 0.1) is 17.0 Å². The summed E-state index contributed by atoms with van der Waals surface area (Å²) in [6.45, 7) is 5.65. The van der Waals surface area contributed by atoms with E-state index in [2.05, 4.69) is 24.0 Å². The van der Waals surface area contributed by atoms with Crippen molar-refractivity contribution >= 4 is 6.03 Å². The molecule has 6 nitrogen and oxygen atoms in total. The van der Waals surface area contributed by atoms with Gasteiger partial charge in [0.15, 0.2) is 0 Å². The van der Waals surface area contributed by atoms with Crippen LogP contribution in [0.2, 0.25) is 0 Å². The number of rotatable bonds is 2. The average Bonchev–Trinajstić information content (AvgIpc) is 3.09. The molecule has 1 saturated heterocycles. The van der Waals surface area contributed by atoms with E-state index < -0.39 is 23.1 Å². The molecule has 0 unspecified atom stereocenters. The van der Waals surface area contributed by atoms with Crippen molar-refractivity contribution in [3.8, 4) is 11.3 Å². The van der Waals surface area contributed by atoms with Crippen LogP contribution < -0.4 is 5.73 Å². The van der Waals surface area contributed by atoms with Crippen molar-refractivity contribution in [2.75, 3.05) is 19.7 Å². The Bertz CT molecular complexity index is 1020. The second kappa shape index (κ2) is 6.44. The second-order valence-corrected chi connectivity index (χ2v) is 9.06. The third-order valence-corrected chi connectivity index (χ3v) is 7.62. The van der Waals surface area contributed by atoms with Gasteiger partial charge in [0.05, 0.1) is 29.7 Å². The maximum absolute atomic E-state index is 14.3. The Labute approximate surface area is 173 Å². The van der Waals surface area contributed by atoms with Crippen molar-refractivity contribution < 1.29 is 18.3 Å². The SMILES string of the molecule is CC1(C)[C@H]2CC[C@]1([C@@H]1CN(C(N)=O)CCO1)c1nnc(-c3c(F)cccc3F)cc12. The third kappa shape index (κ3) is 2.40. The maximum atomic E-state index is 14.3. The number of nitrogens with two attached hydrogens (primary N) is 1. The van der Waals surface area contributed by atoms with E-state index in [0.29, 0.717) is 19.7 Å². The lowest BCUT2D eigenvalue weighted by atomic mass is 9.64. The highest BCUT2D eigenvalue weighted by molar-refractivity contribution is 5.72. The van der Waals surface area contributed by atoms with E-state index >= 15 is 0 Å². The highest BCUT2D eigenvalue weighted by Crippen LogP contribution is 2.69. The van der Waals surface area contributed by atoms with Crippen LogP contribution in [0.3, 0.4) is 0 Å². The Hall–Kier alpha value is -2.61. The van der Waals surface area contributed by atoms with Crippen LogP contribution in [0.25, 0.3) is 11.3 Å². The molecule has 1 saturated carbocycles. The summed E-state index contributed by atoms with van der Waals surface area (Å²) in [5.74, 6) is -1.15. The molecule has 5 rings (SSSR count). The Morgan fingerprint density at radius 2 is 2.00 bits per heavy atom. The van der Waals surface area contributed by atoms with Gasteiger partial charge >= 0.3 is 6.03 Å². The molecule has 30 heavy (non-hydrogen) atoms. The monoisotopic (exact) mass is 414 g/mol. The zero-order valence-electron chi connectivity index (χ0n) is 17.0. The van der Waals surface area contributed by atoms with Gasteiger partial charge in [-0.25, -0.2) is 13.6 Å². The van der Waals surface area contributed by atoms with E-state index in [0.717, 1.165) is 24.1 Å². The van der Waals surface area contributed by atoms with Crippen molar-refractivity contribution in [1.29, 1.82) is 0 Å². The van der Waals surface area contributed by atoms with Crippen LogP contribution >= 0.6 is 0 Å². The number of hydrogen-bond donors (Lipinski definition) is 1. The first-order chi connectivity index (χ1) is 14.3. The van der Waals surface area contributed by atoms with E-state index in [1.807, 2.05) is 0 Å². The van der Waals surface area contributed by atoms with Crippen LogP contribution in [-0.2, 0) is 10.2 Å². The maximum Gasteiger partial charge on any atom is 0.314 e. The zero-order valence-corrected chi connectivity index (χ0v) is 17.0. The van der Waals surface area contributed by atoms with Gasteiger partial charge in [-0.05, 0) is 47.9 Å². The highest BCUT2D eigenvalue weighted by atomic mass is 19.1. The Balaban J connectivity index is 1.62. The molecular weight excluding hydrogens is 390 g/mol. The molecular formula is C22H24F2N4O2. The van der Waals surface area contributed by atoms with E-state index in [1.165, 1.54) is 18.2 Å². The Morgan fingerprint density at radius 1 is 1.27 bits per heavy atom. The number of nitrogens with zero attached hydrogens (tertiary/aromatic N) is 3. The molecule has 0 spiro atoms. The lowest BCUT2D eigenvalue weighted by molar-refractivity contribution is -0.0812. The normalized spacial score (nSPS) is 29.1.